The first-order chi connectivity index (χ1) is 18.0. The van der Waals surface area contributed by atoms with Crippen LogP contribution in [0, 0.1) is 0 Å². The van der Waals surface area contributed by atoms with Gasteiger partial charge in [0.25, 0.3) is 11.5 Å². The lowest BCUT2D eigenvalue weighted by atomic mass is 9.95. The summed E-state index contributed by atoms with van der Waals surface area (Å²) >= 11 is 3.01. The molecule has 2 aromatic carbocycles. The molecular formula is C28H28N4O3S2. The minimum absolute atomic E-state index is 0.0210. The molecule has 3 aromatic rings. The van der Waals surface area contributed by atoms with Gasteiger partial charge in [-0.25, -0.2) is 0 Å². The molecule has 0 saturated heterocycles. The number of anilines is 2. The van der Waals surface area contributed by atoms with E-state index < -0.39 is 0 Å². The summed E-state index contributed by atoms with van der Waals surface area (Å²) in [5.74, 6) is 0.588. The summed E-state index contributed by atoms with van der Waals surface area (Å²) in [4.78, 5) is 31.0. The summed E-state index contributed by atoms with van der Waals surface area (Å²) in [7, 11) is 3.64. The van der Waals surface area contributed by atoms with Gasteiger partial charge in [-0.2, -0.15) is 10.1 Å². The van der Waals surface area contributed by atoms with Gasteiger partial charge in [0.15, 0.2) is 0 Å². The number of hydrogen-bond acceptors (Lipinski definition) is 7. The van der Waals surface area contributed by atoms with Crippen LogP contribution in [0.15, 0.2) is 63.3 Å². The van der Waals surface area contributed by atoms with Crippen LogP contribution in [0.25, 0.3) is 10.6 Å². The molecule has 9 heteroatoms. The van der Waals surface area contributed by atoms with Gasteiger partial charge >= 0.3 is 0 Å². The molecule has 3 aliphatic rings. The number of fused-ring (bicyclic) bond motifs is 1. The van der Waals surface area contributed by atoms with E-state index in [2.05, 4.69) is 10.0 Å². The maximum Gasteiger partial charge on any atom is 0.283 e. The predicted molar refractivity (Wildman–Crippen MR) is 151 cm³/mol. The molecule has 0 bridgehead atoms. The molecule has 1 fully saturated rings. The van der Waals surface area contributed by atoms with Crippen molar-refractivity contribution in [3.05, 3.63) is 68.1 Å². The number of para-hydroxylation sites is 1. The van der Waals surface area contributed by atoms with E-state index in [0.29, 0.717) is 20.5 Å². The van der Waals surface area contributed by atoms with Crippen LogP contribution in [0.4, 0.5) is 11.4 Å². The summed E-state index contributed by atoms with van der Waals surface area (Å²) in [6.45, 7) is 1.86. The SMILES string of the molecule is COc1ccc2c(c1)N(C)/C(=c1/s/c(=C3/C(=O)N(c4ccccc4)N=C3C)n(C3CCCCC3)c1=O)S2. The number of thioether (sulfide) groups is 1. The van der Waals surface area contributed by atoms with Crippen molar-refractivity contribution in [3.8, 4) is 5.75 Å². The van der Waals surface area contributed by atoms with E-state index in [1.54, 1.807) is 18.9 Å². The predicted octanol–water partition coefficient (Wildman–Crippen LogP) is 4.30. The lowest BCUT2D eigenvalue weighted by Gasteiger charge is -2.23. The third-order valence-corrected chi connectivity index (χ3v) is 9.77. The first-order valence-corrected chi connectivity index (χ1v) is 14.2. The van der Waals surface area contributed by atoms with Gasteiger partial charge in [0.2, 0.25) is 0 Å². The van der Waals surface area contributed by atoms with E-state index in [1.165, 1.54) is 22.8 Å². The molecule has 6 rings (SSSR count). The molecule has 0 spiro atoms. The molecule has 1 aromatic heterocycles. The topological polar surface area (TPSA) is 67.1 Å². The summed E-state index contributed by atoms with van der Waals surface area (Å²) in [5.41, 5.74) is 2.86. The summed E-state index contributed by atoms with van der Waals surface area (Å²) < 4.78 is 8.71. The molecule has 0 radical (unpaired) electrons. The Morgan fingerprint density at radius 2 is 1.78 bits per heavy atom. The van der Waals surface area contributed by atoms with Gasteiger partial charge < -0.3 is 9.64 Å². The number of benzene rings is 2. The number of amides is 1. The molecule has 7 nitrogen and oxygen atoms in total. The van der Waals surface area contributed by atoms with Crippen molar-refractivity contribution in [3.63, 3.8) is 0 Å². The van der Waals surface area contributed by atoms with Gasteiger partial charge in [0.1, 0.15) is 20.0 Å². The first kappa shape index (κ1) is 24.1. The van der Waals surface area contributed by atoms with Crippen LogP contribution in [0.1, 0.15) is 45.1 Å². The summed E-state index contributed by atoms with van der Waals surface area (Å²) in [6, 6.07) is 15.5. The van der Waals surface area contributed by atoms with E-state index >= 15 is 0 Å². The maximum absolute atomic E-state index is 14.1. The Morgan fingerprint density at radius 1 is 1.03 bits per heavy atom. The Bertz CT molecular complexity index is 1600. The van der Waals surface area contributed by atoms with Gasteiger partial charge in [-0.15, -0.1) is 11.3 Å². The third-order valence-electron chi connectivity index (χ3n) is 7.24. The zero-order valence-electron chi connectivity index (χ0n) is 21.1. The summed E-state index contributed by atoms with van der Waals surface area (Å²) in [6.07, 6.45) is 5.25. The molecule has 37 heavy (non-hydrogen) atoms. The number of hydrazone groups is 1. The average Bonchev–Trinajstić information content (AvgIpc) is 3.54. The maximum atomic E-state index is 14.1. The molecule has 0 atom stereocenters. The lowest BCUT2D eigenvalue weighted by molar-refractivity contribution is -0.112. The van der Waals surface area contributed by atoms with Crippen LogP contribution < -0.4 is 29.4 Å². The van der Waals surface area contributed by atoms with E-state index in [-0.39, 0.29) is 17.5 Å². The second-order valence-corrected chi connectivity index (χ2v) is 11.5. The highest BCUT2D eigenvalue weighted by molar-refractivity contribution is 8.08. The third kappa shape index (κ3) is 4.01. The van der Waals surface area contributed by atoms with Crippen LogP contribution in [0.2, 0.25) is 0 Å². The number of rotatable bonds is 3. The lowest BCUT2D eigenvalue weighted by Crippen LogP contribution is -2.38. The van der Waals surface area contributed by atoms with Gasteiger partial charge in [0, 0.05) is 24.1 Å². The van der Waals surface area contributed by atoms with E-state index in [0.717, 1.165) is 52.7 Å². The highest BCUT2D eigenvalue weighted by atomic mass is 32.2. The van der Waals surface area contributed by atoms with E-state index in [1.807, 2.05) is 67.1 Å². The van der Waals surface area contributed by atoms with Gasteiger partial charge in [-0.1, -0.05) is 49.2 Å². The van der Waals surface area contributed by atoms with Crippen LogP contribution in [0.5, 0.6) is 5.75 Å². The molecule has 1 saturated carbocycles. The van der Waals surface area contributed by atoms with Crippen molar-refractivity contribution in [2.24, 2.45) is 5.10 Å². The van der Waals surface area contributed by atoms with Crippen molar-refractivity contribution in [2.45, 2.75) is 50.0 Å². The largest absolute Gasteiger partial charge is 0.497 e. The smallest absolute Gasteiger partial charge is 0.283 e. The van der Waals surface area contributed by atoms with Crippen molar-refractivity contribution in [2.75, 3.05) is 24.1 Å². The number of thiazole rings is 1. The Kier molecular flexibility index (Phi) is 6.20. The fraction of sp³-hybridized carbons (Fsp3) is 0.321. The number of carbonyl (C=O) groups excluding carboxylic acids is 1. The zero-order chi connectivity index (χ0) is 25.7. The zero-order valence-corrected chi connectivity index (χ0v) is 22.7. The van der Waals surface area contributed by atoms with Crippen LogP contribution in [-0.4, -0.2) is 30.3 Å². The van der Waals surface area contributed by atoms with Crippen molar-refractivity contribution in [1.82, 2.24) is 4.57 Å². The van der Waals surface area contributed by atoms with E-state index in [4.69, 9.17) is 4.74 Å². The average molecular weight is 533 g/mol. The Labute approximate surface area is 223 Å². The van der Waals surface area contributed by atoms with Gasteiger partial charge in [-0.05, 0) is 44.0 Å². The molecule has 0 N–H and O–H groups in total. The minimum Gasteiger partial charge on any atom is -0.497 e. The standard InChI is InChI=1S/C28H28N4O3S2/c1-17-23(25(33)32(29-17)19-12-8-5-9-13-19)27-31(18-10-6-4-7-11-18)26(34)24(37-27)28-30(2)21-16-20(35-3)14-15-22(21)36-28/h5,8-9,12-16,18H,4,6-7,10-11H2,1-3H3/b27-23+,28-24-. The molecule has 0 unspecified atom stereocenters. The molecular weight excluding hydrogens is 504 g/mol. The molecule has 2 aliphatic heterocycles. The highest BCUT2D eigenvalue weighted by Gasteiger charge is 2.33. The molecule has 1 aliphatic carbocycles. The van der Waals surface area contributed by atoms with Gasteiger partial charge in [0.05, 0.1) is 29.8 Å². The number of hydrogen-bond donors (Lipinski definition) is 0. The van der Waals surface area contributed by atoms with Crippen molar-refractivity contribution in [1.29, 1.82) is 0 Å². The van der Waals surface area contributed by atoms with Crippen molar-refractivity contribution < 1.29 is 9.53 Å². The fourth-order valence-electron chi connectivity index (χ4n) is 5.32. The van der Waals surface area contributed by atoms with Crippen LogP contribution in [-0.2, 0) is 4.79 Å². The fourth-order valence-corrected chi connectivity index (χ4v) is 7.90. The Hall–Kier alpha value is -3.30. The quantitative estimate of drug-likeness (QED) is 0.503. The molecule has 3 heterocycles. The van der Waals surface area contributed by atoms with E-state index in [9.17, 15) is 9.59 Å². The summed E-state index contributed by atoms with van der Waals surface area (Å²) in [5, 5.41) is 6.94. The van der Waals surface area contributed by atoms with Gasteiger partial charge in [-0.3, -0.25) is 14.2 Å². The highest BCUT2D eigenvalue weighted by Crippen LogP contribution is 2.46. The number of nitrogens with zero attached hydrogens (tertiary/aromatic N) is 4. The Morgan fingerprint density at radius 3 is 2.51 bits per heavy atom. The van der Waals surface area contributed by atoms with Crippen LogP contribution in [0.3, 0.4) is 0 Å². The second-order valence-electron chi connectivity index (χ2n) is 9.52. The van der Waals surface area contributed by atoms with Crippen LogP contribution >= 0.6 is 23.1 Å². The molecule has 190 valence electrons. The monoisotopic (exact) mass is 532 g/mol. The minimum atomic E-state index is -0.188. The molecule has 1 amide bonds. The number of aromatic nitrogens is 1. The first-order valence-electron chi connectivity index (χ1n) is 12.5. The number of methoxy groups -OCH3 is 1. The Balaban J connectivity index is 1.57. The van der Waals surface area contributed by atoms with Crippen molar-refractivity contribution >= 4 is 56.7 Å². The number of ether oxygens (including phenoxy) is 1. The second kappa shape index (κ2) is 9.54. The normalized spacial score (nSPS) is 20.9. The number of carbonyl (C=O) groups is 1.